The van der Waals surface area contributed by atoms with Crippen molar-refractivity contribution in [2.24, 2.45) is 23.7 Å². The van der Waals surface area contributed by atoms with Crippen molar-refractivity contribution in [2.75, 3.05) is 32.8 Å². The van der Waals surface area contributed by atoms with Gasteiger partial charge in [0.1, 0.15) is 0 Å². The summed E-state index contributed by atoms with van der Waals surface area (Å²) >= 11 is 0. The van der Waals surface area contributed by atoms with Crippen LogP contribution < -0.4 is 5.32 Å². The van der Waals surface area contributed by atoms with Crippen LogP contribution in [0.1, 0.15) is 39.5 Å². The maximum Gasteiger partial charge on any atom is 0.223 e. The van der Waals surface area contributed by atoms with E-state index >= 15 is 0 Å². The number of carbonyl (C=O) groups is 1. The normalized spacial score (nSPS) is 36.3. The van der Waals surface area contributed by atoms with E-state index in [1.165, 1.54) is 19.3 Å². The van der Waals surface area contributed by atoms with E-state index in [2.05, 4.69) is 24.1 Å². The highest BCUT2D eigenvalue weighted by Crippen LogP contribution is 2.48. The van der Waals surface area contributed by atoms with Gasteiger partial charge in [-0.05, 0) is 37.0 Å². The summed E-state index contributed by atoms with van der Waals surface area (Å²) in [6, 6.07) is 0. The lowest BCUT2D eigenvalue weighted by Crippen LogP contribution is -2.49. The Hall–Kier alpha value is -0.610. The van der Waals surface area contributed by atoms with Gasteiger partial charge in [0.05, 0.1) is 12.7 Å². The van der Waals surface area contributed by atoms with Crippen LogP contribution in [0.2, 0.25) is 0 Å². The van der Waals surface area contributed by atoms with E-state index in [9.17, 15) is 4.79 Å². The first-order valence-electron chi connectivity index (χ1n) is 8.73. The molecule has 4 atom stereocenters. The predicted molar refractivity (Wildman–Crippen MR) is 83.0 cm³/mol. The number of hydrogen-bond acceptors (Lipinski definition) is 3. The highest BCUT2D eigenvalue weighted by atomic mass is 16.5. The van der Waals surface area contributed by atoms with Crippen molar-refractivity contribution in [1.82, 2.24) is 10.2 Å². The van der Waals surface area contributed by atoms with Gasteiger partial charge in [-0.2, -0.15) is 0 Å². The fourth-order valence-corrected chi connectivity index (χ4v) is 4.50. The zero-order valence-electron chi connectivity index (χ0n) is 13.5. The van der Waals surface area contributed by atoms with Crippen LogP contribution in [-0.4, -0.2) is 49.7 Å². The van der Waals surface area contributed by atoms with E-state index in [1.54, 1.807) is 0 Å². The predicted octanol–water partition coefficient (Wildman–Crippen LogP) is 1.90. The zero-order chi connectivity index (χ0) is 14.8. The molecule has 120 valence electrons. The number of nitrogens with one attached hydrogen (secondary N) is 1. The molecule has 4 nitrogen and oxygen atoms in total. The van der Waals surface area contributed by atoms with E-state index in [0.717, 1.165) is 38.6 Å². The second-order valence-corrected chi connectivity index (χ2v) is 7.67. The Kier molecular flexibility index (Phi) is 4.85. The molecule has 2 aliphatic carbocycles. The van der Waals surface area contributed by atoms with Crippen molar-refractivity contribution in [3.8, 4) is 0 Å². The Morgan fingerprint density at radius 3 is 2.86 bits per heavy atom. The lowest BCUT2D eigenvalue weighted by atomic mass is 9.88. The van der Waals surface area contributed by atoms with Gasteiger partial charge in [0.25, 0.3) is 0 Å². The van der Waals surface area contributed by atoms with Gasteiger partial charge in [0.15, 0.2) is 0 Å². The first-order chi connectivity index (χ1) is 10.1. The smallest absolute Gasteiger partial charge is 0.223 e. The largest absolute Gasteiger partial charge is 0.374 e. The Bertz CT molecular complexity index is 372. The quantitative estimate of drug-likeness (QED) is 0.842. The van der Waals surface area contributed by atoms with Crippen LogP contribution in [0.25, 0.3) is 0 Å². The molecule has 1 saturated heterocycles. The van der Waals surface area contributed by atoms with E-state index in [-0.39, 0.29) is 12.0 Å². The van der Waals surface area contributed by atoms with Crippen molar-refractivity contribution < 1.29 is 9.53 Å². The number of amides is 1. The molecule has 1 heterocycles. The highest BCUT2D eigenvalue weighted by Gasteiger charge is 2.43. The third kappa shape index (κ3) is 3.78. The van der Waals surface area contributed by atoms with Crippen LogP contribution >= 0.6 is 0 Å². The molecule has 1 aliphatic heterocycles. The molecule has 3 fully saturated rings. The molecule has 2 bridgehead atoms. The molecule has 3 aliphatic rings. The summed E-state index contributed by atoms with van der Waals surface area (Å²) in [5.41, 5.74) is 0. The summed E-state index contributed by atoms with van der Waals surface area (Å²) in [6.45, 7) is 9.08. The molecule has 4 unspecified atom stereocenters. The highest BCUT2D eigenvalue weighted by molar-refractivity contribution is 5.79. The van der Waals surface area contributed by atoms with Crippen LogP contribution in [-0.2, 0) is 9.53 Å². The lowest BCUT2D eigenvalue weighted by Gasteiger charge is -2.34. The number of carbonyl (C=O) groups excluding carboxylic acids is 1. The third-order valence-electron chi connectivity index (χ3n) is 5.43. The van der Waals surface area contributed by atoms with Crippen molar-refractivity contribution >= 4 is 5.91 Å². The summed E-state index contributed by atoms with van der Waals surface area (Å²) in [5, 5.41) is 3.16. The number of fused-ring (bicyclic) bond motifs is 2. The molecule has 0 aromatic heterocycles. The average molecular weight is 294 g/mol. The summed E-state index contributed by atoms with van der Waals surface area (Å²) in [7, 11) is 0. The van der Waals surface area contributed by atoms with Gasteiger partial charge < -0.3 is 10.1 Å². The number of ether oxygens (including phenoxy) is 1. The van der Waals surface area contributed by atoms with Crippen molar-refractivity contribution in [2.45, 2.75) is 45.6 Å². The van der Waals surface area contributed by atoms with Gasteiger partial charge in [-0.15, -0.1) is 0 Å². The van der Waals surface area contributed by atoms with Crippen LogP contribution in [0.3, 0.4) is 0 Å². The molecule has 21 heavy (non-hydrogen) atoms. The van der Waals surface area contributed by atoms with Gasteiger partial charge in [0, 0.05) is 32.1 Å². The van der Waals surface area contributed by atoms with Gasteiger partial charge in [0.2, 0.25) is 5.91 Å². The molecule has 0 aromatic carbocycles. The lowest BCUT2D eigenvalue weighted by molar-refractivity contribution is -0.127. The molecule has 4 heteroatoms. The van der Waals surface area contributed by atoms with Crippen LogP contribution in [0.4, 0.5) is 0 Å². The fourth-order valence-electron chi connectivity index (χ4n) is 4.50. The minimum Gasteiger partial charge on any atom is -0.374 e. The van der Waals surface area contributed by atoms with Gasteiger partial charge in [-0.3, -0.25) is 9.69 Å². The molecule has 0 aromatic rings. The Morgan fingerprint density at radius 2 is 2.19 bits per heavy atom. The first-order valence-corrected chi connectivity index (χ1v) is 8.73. The molecule has 2 saturated carbocycles. The van der Waals surface area contributed by atoms with Crippen molar-refractivity contribution in [3.05, 3.63) is 0 Å². The standard InChI is InChI=1S/C17H30N2O2/c1-12(2)10-19-5-6-21-15(11-19)9-18-17(20)16-8-13-3-4-14(16)7-13/h12-16H,3-11H2,1-2H3,(H,18,20). The second-order valence-electron chi connectivity index (χ2n) is 7.67. The number of nitrogens with zero attached hydrogens (tertiary/aromatic N) is 1. The van der Waals surface area contributed by atoms with E-state index in [4.69, 9.17) is 4.74 Å². The zero-order valence-corrected chi connectivity index (χ0v) is 13.5. The molecule has 1 N–H and O–H groups in total. The topological polar surface area (TPSA) is 41.6 Å². The van der Waals surface area contributed by atoms with Gasteiger partial charge in [-0.25, -0.2) is 0 Å². The molecular weight excluding hydrogens is 264 g/mol. The van der Waals surface area contributed by atoms with Gasteiger partial charge in [-0.1, -0.05) is 20.3 Å². The summed E-state index contributed by atoms with van der Waals surface area (Å²) < 4.78 is 5.81. The minimum atomic E-state index is 0.167. The maximum atomic E-state index is 12.4. The SMILES string of the molecule is CC(C)CN1CCOC(CNC(=O)C2CC3CCC2C3)C1. The minimum absolute atomic E-state index is 0.167. The van der Waals surface area contributed by atoms with Crippen LogP contribution in [0.15, 0.2) is 0 Å². The number of morpholine rings is 1. The molecule has 1 amide bonds. The first kappa shape index (κ1) is 15.3. The number of rotatable bonds is 5. The van der Waals surface area contributed by atoms with E-state index < -0.39 is 0 Å². The second kappa shape index (κ2) is 6.66. The maximum absolute atomic E-state index is 12.4. The molecule has 3 rings (SSSR count). The summed E-state index contributed by atoms with van der Waals surface area (Å²) in [6.07, 6.45) is 5.21. The van der Waals surface area contributed by atoms with E-state index in [0.29, 0.717) is 24.3 Å². The average Bonchev–Trinajstić information content (AvgIpc) is 3.07. The summed E-state index contributed by atoms with van der Waals surface area (Å²) in [4.78, 5) is 14.8. The molecule has 0 spiro atoms. The number of hydrogen-bond donors (Lipinski definition) is 1. The Balaban J connectivity index is 1.41. The molecule has 0 radical (unpaired) electrons. The molecular formula is C17H30N2O2. The fraction of sp³-hybridized carbons (Fsp3) is 0.941. The van der Waals surface area contributed by atoms with E-state index in [1.807, 2.05) is 0 Å². The van der Waals surface area contributed by atoms with Crippen molar-refractivity contribution in [3.63, 3.8) is 0 Å². The Morgan fingerprint density at radius 1 is 1.33 bits per heavy atom. The monoisotopic (exact) mass is 294 g/mol. The Labute approximate surface area is 128 Å². The summed E-state index contributed by atoms with van der Waals surface area (Å²) in [5.74, 6) is 2.76. The van der Waals surface area contributed by atoms with Crippen LogP contribution in [0.5, 0.6) is 0 Å². The third-order valence-corrected chi connectivity index (χ3v) is 5.43. The van der Waals surface area contributed by atoms with Gasteiger partial charge >= 0.3 is 0 Å². The van der Waals surface area contributed by atoms with Crippen molar-refractivity contribution in [1.29, 1.82) is 0 Å². The van der Waals surface area contributed by atoms with Crippen LogP contribution in [0, 0.1) is 23.7 Å².